The minimum Gasteiger partial charge on any atom is -0.338 e. The number of carbonyl (C=O) groups excluding carboxylic acids is 1. The van der Waals surface area contributed by atoms with Crippen molar-refractivity contribution in [1.82, 2.24) is 9.88 Å². The van der Waals surface area contributed by atoms with Crippen molar-refractivity contribution < 1.29 is 4.79 Å². The number of pyridine rings is 1. The molecular weight excluding hydrogens is 290 g/mol. The molecule has 1 aromatic heterocycles. The van der Waals surface area contributed by atoms with E-state index in [4.69, 9.17) is 5.73 Å². The van der Waals surface area contributed by atoms with E-state index in [1.54, 1.807) is 17.0 Å². The van der Waals surface area contributed by atoms with Crippen LogP contribution in [0.3, 0.4) is 0 Å². The zero-order chi connectivity index (χ0) is 16.4. The predicted molar refractivity (Wildman–Crippen MR) is 90.2 cm³/mol. The summed E-state index contributed by atoms with van der Waals surface area (Å²) in [6.45, 7) is 3.86. The van der Waals surface area contributed by atoms with E-state index in [1.807, 2.05) is 30.3 Å². The van der Waals surface area contributed by atoms with Crippen LogP contribution < -0.4 is 11.3 Å². The van der Waals surface area contributed by atoms with Crippen LogP contribution in [0.15, 0.2) is 47.3 Å². The predicted octanol–water partition coefficient (Wildman–Crippen LogP) is 1.85. The molecule has 0 saturated carbocycles. The summed E-state index contributed by atoms with van der Waals surface area (Å²) < 4.78 is 0. The Bertz CT molecular complexity index is 769. The molecular formula is C18H21N3O2. The van der Waals surface area contributed by atoms with Crippen molar-refractivity contribution in [1.29, 1.82) is 0 Å². The second-order valence-electron chi connectivity index (χ2n) is 6.47. The van der Waals surface area contributed by atoms with Crippen molar-refractivity contribution in [3.05, 3.63) is 58.4 Å². The fourth-order valence-corrected chi connectivity index (χ4v) is 2.96. The lowest BCUT2D eigenvalue weighted by molar-refractivity contribution is 0.0775. The molecule has 1 atom stereocenters. The molecule has 0 spiro atoms. The maximum atomic E-state index is 12.6. The maximum Gasteiger partial charge on any atom is 0.261 e. The fourth-order valence-electron chi connectivity index (χ4n) is 2.96. The van der Waals surface area contributed by atoms with Gasteiger partial charge < -0.3 is 15.6 Å². The summed E-state index contributed by atoms with van der Waals surface area (Å²) >= 11 is 0. The first-order valence-electron chi connectivity index (χ1n) is 7.80. The first-order chi connectivity index (χ1) is 11.0. The van der Waals surface area contributed by atoms with E-state index in [0.29, 0.717) is 25.3 Å². The monoisotopic (exact) mass is 311 g/mol. The van der Waals surface area contributed by atoms with Gasteiger partial charge in [0.15, 0.2) is 0 Å². The number of benzene rings is 1. The van der Waals surface area contributed by atoms with Crippen LogP contribution in [0.1, 0.15) is 23.7 Å². The van der Waals surface area contributed by atoms with Gasteiger partial charge in [0.25, 0.3) is 11.5 Å². The Morgan fingerprint density at radius 1 is 1.26 bits per heavy atom. The van der Waals surface area contributed by atoms with Crippen molar-refractivity contribution in [2.45, 2.75) is 13.3 Å². The molecule has 1 fully saturated rings. The Morgan fingerprint density at radius 2 is 2.00 bits per heavy atom. The van der Waals surface area contributed by atoms with Gasteiger partial charge in [0.2, 0.25) is 0 Å². The molecule has 3 rings (SSSR count). The Hall–Kier alpha value is -2.40. The molecule has 1 aliphatic heterocycles. The van der Waals surface area contributed by atoms with Crippen LogP contribution in [-0.4, -0.2) is 35.4 Å². The van der Waals surface area contributed by atoms with E-state index in [2.05, 4.69) is 11.9 Å². The Balaban J connectivity index is 1.84. The molecule has 1 amide bonds. The van der Waals surface area contributed by atoms with Crippen LogP contribution in [0.4, 0.5) is 0 Å². The van der Waals surface area contributed by atoms with Crippen LogP contribution in [0, 0.1) is 5.41 Å². The molecule has 23 heavy (non-hydrogen) atoms. The zero-order valence-corrected chi connectivity index (χ0v) is 13.2. The van der Waals surface area contributed by atoms with Gasteiger partial charge in [0.05, 0.1) is 0 Å². The molecule has 1 saturated heterocycles. The van der Waals surface area contributed by atoms with Crippen molar-refractivity contribution >= 4 is 5.91 Å². The van der Waals surface area contributed by atoms with Crippen LogP contribution in [0.5, 0.6) is 0 Å². The number of nitrogens with one attached hydrogen (secondary N) is 1. The standard InChI is InChI=1S/C18H21N3O2/c1-18(11-19)9-10-21(12-18)17(23)14-7-8-15(20-16(14)22)13-5-3-2-4-6-13/h2-8H,9-12,19H2,1H3,(H,20,22). The molecule has 0 radical (unpaired) electrons. The third-order valence-electron chi connectivity index (χ3n) is 4.56. The average Bonchev–Trinajstić information content (AvgIpc) is 2.98. The van der Waals surface area contributed by atoms with E-state index in [1.165, 1.54) is 0 Å². The highest BCUT2D eigenvalue weighted by Gasteiger charge is 2.35. The molecule has 3 N–H and O–H groups in total. The molecule has 5 heteroatoms. The second-order valence-corrected chi connectivity index (χ2v) is 6.47. The van der Waals surface area contributed by atoms with Gasteiger partial charge in [-0.2, -0.15) is 0 Å². The van der Waals surface area contributed by atoms with Crippen molar-refractivity contribution in [2.75, 3.05) is 19.6 Å². The Labute approximate surface area is 135 Å². The van der Waals surface area contributed by atoms with Crippen molar-refractivity contribution in [2.24, 2.45) is 11.1 Å². The summed E-state index contributed by atoms with van der Waals surface area (Å²) in [5, 5.41) is 0. The first kappa shape index (κ1) is 15.5. The number of H-pyrrole nitrogens is 1. The lowest BCUT2D eigenvalue weighted by Crippen LogP contribution is -2.36. The summed E-state index contributed by atoms with van der Waals surface area (Å²) in [4.78, 5) is 29.4. The van der Waals surface area contributed by atoms with E-state index < -0.39 is 0 Å². The summed E-state index contributed by atoms with van der Waals surface area (Å²) in [6.07, 6.45) is 0.870. The number of nitrogens with two attached hydrogens (primary N) is 1. The van der Waals surface area contributed by atoms with E-state index in [9.17, 15) is 9.59 Å². The normalized spacial score (nSPS) is 20.7. The van der Waals surface area contributed by atoms with Crippen LogP contribution >= 0.6 is 0 Å². The van der Waals surface area contributed by atoms with Crippen LogP contribution in [-0.2, 0) is 0 Å². The third-order valence-corrected chi connectivity index (χ3v) is 4.56. The average molecular weight is 311 g/mol. The van der Waals surface area contributed by atoms with Gasteiger partial charge in [0.1, 0.15) is 5.56 Å². The SMILES string of the molecule is CC1(CN)CCN(C(=O)c2ccc(-c3ccccc3)[nH]c2=O)C1. The molecule has 0 aliphatic carbocycles. The first-order valence-corrected chi connectivity index (χ1v) is 7.80. The highest BCUT2D eigenvalue weighted by molar-refractivity contribution is 5.94. The van der Waals surface area contributed by atoms with Crippen LogP contribution in [0.25, 0.3) is 11.3 Å². The molecule has 2 aromatic rings. The number of nitrogens with zero attached hydrogens (tertiary/aromatic N) is 1. The van der Waals surface area contributed by atoms with Gasteiger partial charge in [0, 0.05) is 18.8 Å². The lowest BCUT2D eigenvalue weighted by atomic mass is 9.90. The molecule has 1 aliphatic rings. The van der Waals surface area contributed by atoms with Gasteiger partial charge >= 0.3 is 0 Å². The summed E-state index contributed by atoms with van der Waals surface area (Å²) in [7, 11) is 0. The van der Waals surface area contributed by atoms with Gasteiger partial charge in [-0.05, 0) is 36.1 Å². The van der Waals surface area contributed by atoms with Gasteiger partial charge in [-0.1, -0.05) is 37.3 Å². The minimum absolute atomic E-state index is 0.0492. The number of likely N-dealkylation sites (tertiary alicyclic amines) is 1. The van der Waals surface area contributed by atoms with Crippen molar-refractivity contribution in [3.63, 3.8) is 0 Å². The second kappa shape index (κ2) is 6.01. The third kappa shape index (κ3) is 3.05. The van der Waals surface area contributed by atoms with E-state index in [0.717, 1.165) is 12.0 Å². The van der Waals surface area contributed by atoms with Crippen LogP contribution in [0.2, 0.25) is 0 Å². The highest BCUT2D eigenvalue weighted by Crippen LogP contribution is 2.29. The Morgan fingerprint density at radius 3 is 2.61 bits per heavy atom. The molecule has 2 heterocycles. The van der Waals surface area contributed by atoms with Gasteiger partial charge in [-0.15, -0.1) is 0 Å². The van der Waals surface area contributed by atoms with Gasteiger partial charge in [-0.3, -0.25) is 9.59 Å². The number of aromatic nitrogens is 1. The topological polar surface area (TPSA) is 79.2 Å². The smallest absolute Gasteiger partial charge is 0.261 e. The summed E-state index contributed by atoms with van der Waals surface area (Å²) in [5.74, 6) is -0.219. The highest BCUT2D eigenvalue weighted by atomic mass is 16.2. The fraction of sp³-hybridized carbons (Fsp3) is 0.333. The largest absolute Gasteiger partial charge is 0.338 e. The molecule has 5 nitrogen and oxygen atoms in total. The number of rotatable bonds is 3. The summed E-state index contributed by atoms with van der Waals surface area (Å²) in [5.41, 5.74) is 7.19. The molecule has 1 aromatic carbocycles. The molecule has 120 valence electrons. The van der Waals surface area contributed by atoms with Gasteiger partial charge in [-0.25, -0.2) is 0 Å². The summed E-state index contributed by atoms with van der Waals surface area (Å²) in [6, 6.07) is 13.0. The molecule has 0 bridgehead atoms. The number of hydrogen-bond acceptors (Lipinski definition) is 3. The Kier molecular flexibility index (Phi) is 4.05. The number of carbonyl (C=O) groups is 1. The zero-order valence-electron chi connectivity index (χ0n) is 13.2. The lowest BCUT2D eigenvalue weighted by Gasteiger charge is -2.22. The number of aromatic amines is 1. The van der Waals surface area contributed by atoms with E-state index >= 15 is 0 Å². The number of hydrogen-bond donors (Lipinski definition) is 2. The van der Waals surface area contributed by atoms with Crippen molar-refractivity contribution in [3.8, 4) is 11.3 Å². The maximum absolute atomic E-state index is 12.6. The molecule has 1 unspecified atom stereocenters. The quantitative estimate of drug-likeness (QED) is 0.908. The number of amides is 1. The van der Waals surface area contributed by atoms with E-state index in [-0.39, 0.29) is 22.4 Å². The minimum atomic E-state index is -0.349.